The molecule has 3 rings (SSSR count). The van der Waals surface area contributed by atoms with E-state index in [0.717, 1.165) is 34.9 Å². The third-order valence-corrected chi connectivity index (χ3v) is 3.18. The zero-order chi connectivity index (χ0) is 12.0. The Morgan fingerprint density at radius 3 is 3.00 bits per heavy atom. The van der Waals surface area contributed by atoms with Crippen molar-refractivity contribution in [1.82, 2.24) is 4.98 Å². The van der Waals surface area contributed by atoms with Crippen LogP contribution in [0, 0.1) is 0 Å². The number of nitrogens with two attached hydrogens (primary N) is 1. The Hall–Kier alpha value is -2.30. The summed E-state index contributed by atoms with van der Waals surface area (Å²) in [6, 6.07) is 5.10. The summed E-state index contributed by atoms with van der Waals surface area (Å²) in [5, 5.41) is 0.994. The first kappa shape index (κ1) is 9.89. The highest BCUT2D eigenvalue weighted by atomic mass is 16.2. The smallest absolute Gasteiger partial charge is 0.319 e. The molecule has 0 radical (unpaired) electrons. The van der Waals surface area contributed by atoms with Crippen LogP contribution < -0.4 is 10.6 Å². The van der Waals surface area contributed by atoms with Crippen molar-refractivity contribution < 1.29 is 9.59 Å². The minimum atomic E-state index is -0.436. The summed E-state index contributed by atoms with van der Waals surface area (Å²) in [6.45, 7) is 0.603. The molecule has 86 valence electrons. The Morgan fingerprint density at radius 2 is 2.29 bits per heavy atom. The third kappa shape index (κ3) is 1.32. The molecular weight excluding hydrogens is 218 g/mol. The van der Waals surface area contributed by atoms with Crippen LogP contribution in [0.2, 0.25) is 0 Å². The van der Waals surface area contributed by atoms with E-state index in [-0.39, 0.29) is 0 Å². The standard InChI is InChI=1S/C12H11N3O2/c13-12(17)15-4-3-8-9-5-7(6-16)14-10(9)1-2-11(8)15/h1-2,5-6,14H,3-4H2,(H2,13,17). The van der Waals surface area contributed by atoms with Gasteiger partial charge in [0.2, 0.25) is 0 Å². The molecule has 0 spiro atoms. The van der Waals surface area contributed by atoms with Gasteiger partial charge in [0, 0.05) is 23.1 Å². The molecule has 0 unspecified atom stereocenters. The largest absolute Gasteiger partial charge is 0.352 e. The zero-order valence-electron chi connectivity index (χ0n) is 9.06. The number of anilines is 1. The molecule has 0 fully saturated rings. The maximum Gasteiger partial charge on any atom is 0.319 e. The number of H-pyrrole nitrogens is 1. The van der Waals surface area contributed by atoms with E-state index in [1.807, 2.05) is 18.2 Å². The SMILES string of the molecule is NC(=O)N1CCc2c1ccc1[nH]c(C=O)cc21. The van der Waals surface area contributed by atoms with Crippen molar-refractivity contribution in [2.24, 2.45) is 5.73 Å². The number of fused-ring (bicyclic) bond motifs is 3. The molecule has 17 heavy (non-hydrogen) atoms. The zero-order valence-corrected chi connectivity index (χ0v) is 9.06. The molecule has 1 aliphatic heterocycles. The van der Waals surface area contributed by atoms with Gasteiger partial charge in [-0.1, -0.05) is 0 Å². The number of nitrogens with one attached hydrogen (secondary N) is 1. The second kappa shape index (κ2) is 3.35. The minimum absolute atomic E-state index is 0.436. The molecule has 1 aromatic heterocycles. The highest BCUT2D eigenvalue weighted by Crippen LogP contribution is 2.34. The second-order valence-corrected chi connectivity index (χ2v) is 4.11. The van der Waals surface area contributed by atoms with Crippen molar-refractivity contribution >= 4 is 28.9 Å². The fraction of sp³-hybridized carbons (Fsp3) is 0.167. The number of aromatic nitrogens is 1. The molecule has 2 aromatic rings. The van der Waals surface area contributed by atoms with E-state index in [2.05, 4.69) is 4.98 Å². The lowest BCUT2D eigenvalue weighted by Gasteiger charge is -2.13. The summed E-state index contributed by atoms with van der Waals surface area (Å²) >= 11 is 0. The molecule has 0 aliphatic carbocycles. The molecule has 0 bridgehead atoms. The maximum atomic E-state index is 11.2. The van der Waals surface area contributed by atoms with Gasteiger partial charge in [-0.3, -0.25) is 9.69 Å². The van der Waals surface area contributed by atoms with Crippen molar-refractivity contribution in [3.05, 3.63) is 29.5 Å². The summed E-state index contributed by atoms with van der Waals surface area (Å²) < 4.78 is 0. The maximum absolute atomic E-state index is 11.2. The van der Waals surface area contributed by atoms with Crippen molar-refractivity contribution in [3.8, 4) is 0 Å². The number of aldehydes is 1. The van der Waals surface area contributed by atoms with E-state index in [1.54, 1.807) is 4.90 Å². The summed E-state index contributed by atoms with van der Waals surface area (Å²) in [4.78, 5) is 26.6. The van der Waals surface area contributed by atoms with Crippen molar-refractivity contribution in [1.29, 1.82) is 0 Å². The Bertz CT molecular complexity index is 630. The average molecular weight is 229 g/mol. The molecule has 0 saturated carbocycles. The first-order chi connectivity index (χ1) is 8.20. The number of urea groups is 1. The van der Waals surface area contributed by atoms with Crippen molar-refractivity contribution in [2.75, 3.05) is 11.4 Å². The molecule has 2 amide bonds. The van der Waals surface area contributed by atoms with Gasteiger partial charge in [0.05, 0.1) is 5.69 Å². The van der Waals surface area contributed by atoms with Gasteiger partial charge in [-0.15, -0.1) is 0 Å². The van der Waals surface area contributed by atoms with Crippen molar-refractivity contribution in [2.45, 2.75) is 6.42 Å². The fourth-order valence-corrected chi connectivity index (χ4v) is 2.43. The van der Waals surface area contributed by atoms with Gasteiger partial charge in [0.15, 0.2) is 6.29 Å². The lowest BCUT2D eigenvalue weighted by molar-refractivity contribution is 0.111. The average Bonchev–Trinajstić information content (AvgIpc) is 2.91. The Labute approximate surface area is 97.2 Å². The van der Waals surface area contributed by atoms with E-state index < -0.39 is 6.03 Å². The van der Waals surface area contributed by atoms with Crippen LogP contribution in [-0.4, -0.2) is 23.8 Å². The number of hydrogen-bond donors (Lipinski definition) is 2. The number of amides is 2. The second-order valence-electron chi connectivity index (χ2n) is 4.11. The molecule has 1 aromatic carbocycles. The molecule has 1 aliphatic rings. The number of carbonyl (C=O) groups excluding carboxylic acids is 2. The van der Waals surface area contributed by atoms with Gasteiger partial charge in [-0.25, -0.2) is 4.79 Å². The van der Waals surface area contributed by atoms with E-state index in [1.165, 1.54) is 0 Å². The number of primary amides is 1. The molecule has 0 saturated heterocycles. The van der Waals surface area contributed by atoms with Gasteiger partial charge >= 0.3 is 6.03 Å². The van der Waals surface area contributed by atoms with Crippen LogP contribution in [0.1, 0.15) is 16.1 Å². The van der Waals surface area contributed by atoms with Crippen LogP contribution in [-0.2, 0) is 6.42 Å². The lowest BCUT2D eigenvalue weighted by atomic mass is 10.1. The van der Waals surface area contributed by atoms with Gasteiger partial charge in [-0.2, -0.15) is 0 Å². The molecule has 0 atom stereocenters. The Balaban J connectivity index is 2.24. The summed E-state index contributed by atoms with van der Waals surface area (Å²) in [7, 11) is 0. The topological polar surface area (TPSA) is 79.2 Å². The van der Waals surface area contributed by atoms with E-state index in [0.29, 0.717) is 12.2 Å². The van der Waals surface area contributed by atoms with Crippen molar-refractivity contribution in [3.63, 3.8) is 0 Å². The number of hydrogen-bond acceptors (Lipinski definition) is 2. The summed E-state index contributed by atoms with van der Waals surface area (Å²) in [6.07, 6.45) is 1.55. The number of nitrogens with zero attached hydrogens (tertiary/aromatic N) is 1. The first-order valence-corrected chi connectivity index (χ1v) is 5.37. The Morgan fingerprint density at radius 1 is 1.47 bits per heavy atom. The number of rotatable bonds is 1. The fourth-order valence-electron chi connectivity index (χ4n) is 2.43. The Kier molecular flexibility index (Phi) is 1.95. The highest BCUT2D eigenvalue weighted by Gasteiger charge is 2.24. The number of aromatic amines is 1. The van der Waals surface area contributed by atoms with E-state index in [9.17, 15) is 9.59 Å². The van der Waals surface area contributed by atoms with Crippen LogP contribution in [0.4, 0.5) is 10.5 Å². The quantitative estimate of drug-likeness (QED) is 0.725. The van der Waals surface area contributed by atoms with Gasteiger partial charge in [-0.05, 0) is 30.2 Å². The molecule has 5 heteroatoms. The predicted molar refractivity (Wildman–Crippen MR) is 64.3 cm³/mol. The van der Waals surface area contributed by atoms with Crippen LogP contribution in [0.5, 0.6) is 0 Å². The van der Waals surface area contributed by atoms with Gasteiger partial charge < -0.3 is 10.7 Å². The minimum Gasteiger partial charge on any atom is -0.352 e. The molecular formula is C12H11N3O2. The number of carbonyl (C=O) groups is 2. The summed E-state index contributed by atoms with van der Waals surface area (Å²) in [5.74, 6) is 0. The van der Waals surface area contributed by atoms with Gasteiger partial charge in [0.25, 0.3) is 0 Å². The van der Waals surface area contributed by atoms with Crippen LogP contribution >= 0.6 is 0 Å². The monoisotopic (exact) mass is 229 g/mol. The highest BCUT2D eigenvalue weighted by molar-refractivity contribution is 6.00. The predicted octanol–water partition coefficient (Wildman–Crippen LogP) is 1.42. The lowest BCUT2D eigenvalue weighted by Crippen LogP contribution is -2.33. The van der Waals surface area contributed by atoms with Crippen LogP contribution in [0.25, 0.3) is 10.9 Å². The van der Waals surface area contributed by atoms with Crippen LogP contribution in [0.3, 0.4) is 0 Å². The molecule has 2 heterocycles. The summed E-state index contributed by atoms with van der Waals surface area (Å²) in [5.41, 5.74) is 8.70. The molecule has 3 N–H and O–H groups in total. The normalized spacial score (nSPS) is 14.0. The van der Waals surface area contributed by atoms with E-state index in [4.69, 9.17) is 5.73 Å². The van der Waals surface area contributed by atoms with Crippen LogP contribution in [0.15, 0.2) is 18.2 Å². The van der Waals surface area contributed by atoms with E-state index >= 15 is 0 Å². The number of benzene rings is 1. The molecule has 5 nitrogen and oxygen atoms in total. The van der Waals surface area contributed by atoms with Gasteiger partial charge in [0.1, 0.15) is 0 Å². The third-order valence-electron chi connectivity index (χ3n) is 3.18. The first-order valence-electron chi connectivity index (χ1n) is 5.37.